The average molecular weight is 516 g/mol. The van der Waals surface area contributed by atoms with Crippen LogP contribution < -0.4 is 14.2 Å². The van der Waals surface area contributed by atoms with Crippen molar-refractivity contribution in [3.63, 3.8) is 0 Å². The Balaban J connectivity index is 1.68. The molecule has 0 unspecified atom stereocenters. The second kappa shape index (κ2) is 9.63. The third kappa shape index (κ3) is 5.12. The van der Waals surface area contributed by atoms with E-state index in [2.05, 4.69) is 4.72 Å². The van der Waals surface area contributed by atoms with Crippen molar-refractivity contribution >= 4 is 16.0 Å². The molecule has 1 aliphatic rings. The summed E-state index contributed by atoms with van der Waals surface area (Å²) < 4.78 is 67.7. The zero-order chi connectivity index (χ0) is 26.3. The summed E-state index contributed by atoms with van der Waals surface area (Å²) in [7, 11) is -3.91. The van der Waals surface area contributed by atoms with Crippen molar-refractivity contribution in [2.75, 3.05) is 0 Å². The van der Waals surface area contributed by atoms with Gasteiger partial charge in [0, 0.05) is 17.5 Å². The molecular weight excluding hydrogens is 488 g/mol. The predicted molar refractivity (Wildman–Crippen MR) is 131 cm³/mol. The number of sulfonamides is 1. The Morgan fingerprint density at radius 2 is 1.75 bits per heavy atom. The van der Waals surface area contributed by atoms with Gasteiger partial charge in [0.25, 0.3) is 0 Å². The smallest absolute Gasteiger partial charge is 0.343 e. The topological polar surface area (TPSA) is 81.7 Å². The molecule has 6 nitrogen and oxygen atoms in total. The number of esters is 1. The van der Waals surface area contributed by atoms with Gasteiger partial charge in [-0.15, -0.1) is 0 Å². The van der Waals surface area contributed by atoms with Crippen molar-refractivity contribution in [2.45, 2.75) is 50.7 Å². The molecule has 1 heterocycles. The highest BCUT2D eigenvalue weighted by Crippen LogP contribution is 2.44. The lowest BCUT2D eigenvalue weighted by Crippen LogP contribution is -2.48. The van der Waals surface area contributed by atoms with Crippen molar-refractivity contribution < 1.29 is 31.5 Å². The maximum atomic E-state index is 14.0. The number of fused-ring (bicyclic) bond motifs is 1. The number of rotatable bonds is 6. The van der Waals surface area contributed by atoms with E-state index in [4.69, 9.17) is 9.47 Å². The Morgan fingerprint density at radius 3 is 2.39 bits per heavy atom. The quantitative estimate of drug-likeness (QED) is 0.343. The number of nitrogens with one attached hydrogen (secondary N) is 1. The first kappa shape index (κ1) is 25.8. The van der Waals surface area contributed by atoms with E-state index >= 15 is 0 Å². The number of carbonyl (C=O) groups is 1. The van der Waals surface area contributed by atoms with Crippen molar-refractivity contribution in [2.24, 2.45) is 5.92 Å². The number of ether oxygens (including phenoxy) is 2. The highest BCUT2D eigenvalue weighted by Gasteiger charge is 2.43. The van der Waals surface area contributed by atoms with Crippen molar-refractivity contribution in [3.8, 4) is 11.5 Å². The third-order valence-electron chi connectivity index (χ3n) is 6.57. The van der Waals surface area contributed by atoms with Gasteiger partial charge in [-0.1, -0.05) is 26.0 Å². The Bertz CT molecular complexity index is 1400. The lowest BCUT2D eigenvalue weighted by atomic mass is 9.80. The summed E-state index contributed by atoms with van der Waals surface area (Å²) in [5.41, 5.74) is 0.806. The van der Waals surface area contributed by atoms with Gasteiger partial charge in [0.15, 0.2) is 11.6 Å². The SMILES string of the molecule is CCc1ccc(S(=O)(=O)N[C@@H]2c3cc(C(=O)Oc4ccc(F)cc4F)ccc3OC(C)(C)[C@H]2C)cc1. The van der Waals surface area contributed by atoms with E-state index in [0.717, 1.165) is 24.1 Å². The molecule has 0 saturated heterocycles. The van der Waals surface area contributed by atoms with E-state index in [1.807, 2.05) is 27.7 Å². The van der Waals surface area contributed by atoms with Crippen LogP contribution in [0.25, 0.3) is 0 Å². The zero-order valence-electron chi connectivity index (χ0n) is 20.3. The van der Waals surface area contributed by atoms with Crippen LogP contribution in [0.1, 0.15) is 55.2 Å². The molecule has 0 aromatic heterocycles. The van der Waals surface area contributed by atoms with Crippen LogP contribution in [0.2, 0.25) is 0 Å². The monoisotopic (exact) mass is 515 g/mol. The second-order valence-electron chi connectivity index (χ2n) is 9.31. The van der Waals surface area contributed by atoms with Gasteiger partial charge in [0.05, 0.1) is 16.5 Å². The Hall–Kier alpha value is -3.30. The molecule has 36 heavy (non-hydrogen) atoms. The number of aryl methyl sites for hydroxylation is 1. The van der Waals surface area contributed by atoms with Crippen LogP contribution in [-0.2, 0) is 16.4 Å². The number of hydrogen-bond acceptors (Lipinski definition) is 5. The summed E-state index contributed by atoms with van der Waals surface area (Å²) in [5, 5.41) is 0. The van der Waals surface area contributed by atoms with Gasteiger partial charge >= 0.3 is 5.97 Å². The highest BCUT2D eigenvalue weighted by atomic mass is 32.2. The third-order valence-corrected chi connectivity index (χ3v) is 8.03. The minimum atomic E-state index is -3.91. The van der Waals surface area contributed by atoms with Crippen LogP contribution in [0.3, 0.4) is 0 Å². The molecule has 0 saturated carbocycles. The average Bonchev–Trinajstić information content (AvgIpc) is 2.83. The Kier molecular flexibility index (Phi) is 6.90. The van der Waals surface area contributed by atoms with E-state index in [0.29, 0.717) is 17.4 Å². The lowest BCUT2D eigenvalue weighted by molar-refractivity contribution is 0.0167. The molecule has 1 aliphatic heterocycles. The molecule has 9 heteroatoms. The first-order chi connectivity index (χ1) is 16.9. The van der Waals surface area contributed by atoms with Gasteiger partial charge in [-0.25, -0.2) is 26.7 Å². The summed E-state index contributed by atoms with van der Waals surface area (Å²) in [6.07, 6.45) is 0.785. The fraction of sp³-hybridized carbons (Fsp3) is 0.296. The summed E-state index contributed by atoms with van der Waals surface area (Å²) >= 11 is 0. The van der Waals surface area contributed by atoms with Crippen molar-refractivity contribution in [1.29, 1.82) is 0 Å². The van der Waals surface area contributed by atoms with E-state index in [-0.39, 0.29) is 16.4 Å². The fourth-order valence-electron chi connectivity index (χ4n) is 4.08. The van der Waals surface area contributed by atoms with Crippen LogP contribution >= 0.6 is 0 Å². The summed E-state index contributed by atoms with van der Waals surface area (Å²) in [4.78, 5) is 12.9. The van der Waals surface area contributed by atoms with Crippen molar-refractivity contribution in [3.05, 3.63) is 89.0 Å². The fourth-order valence-corrected chi connectivity index (χ4v) is 5.38. The Morgan fingerprint density at radius 1 is 1.06 bits per heavy atom. The minimum Gasteiger partial charge on any atom is -0.487 e. The molecule has 3 aromatic carbocycles. The van der Waals surface area contributed by atoms with Gasteiger partial charge in [0.1, 0.15) is 17.2 Å². The van der Waals surface area contributed by atoms with Crippen molar-refractivity contribution in [1.82, 2.24) is 4.72 Å². The van der Waals surface area contributed by atoms with Crippen LogP contribution in [0.4, 0.5) is 8.78 Å². The van der Waals surface area contributed by atoms with E-state index < -0.39 is 45.0 Å². The standard InChI is InChI=1S/C27H27F2NO5S/c1-5-17-6-10-20(11-7-17)36(32,33)30-25-16(2)27(3,4)35-23-12-8-18(14-21(23)25)26(31)34-24-13-9-19(28)15-22(24)29/h6-16,25,30H,5H2,1-4H3/t16-,25-/m0/s1. The highest BCUT2D eigenvalue weighted by molar-refractivity contribution is 7.89. The maximum absolute atomic E-state index is 14.0. The number of hydrogen-bond donors (Lipinski definition) is 1. The number of halogens is 2. The van der Waals surface area contributed by atoms with E-state index in [1.54, 1.807) is 30.3 Å². The first-order valence-corrected chi connectivity index (χ1v) is 13.0. The molecule has 0 amide bonds. The Labute approximate surface area is 209 Å². The number of carbonyl (C=O) groups excluding carboxylic acids is 1. The number of benzene rings is 3. The molecule has 0 bridgehead atoms. The van der Waals surface area contributed by atoms with Gasteiger partial charge in [0.2, 0.25) is 10.0 Å². The van der Waals surface area contributed by atoms with Crippen LogP contribution in [-0.4, -0.2) is 20.0 Å². The minimum absolute atomic E-state index is 0.0597. The maximum Gasteiger partial charge on any atom is 0.343 e. The molecule has 3 aromatic rings. The molecule has 2 atom stereocenters. The molecular formula is C27H27F2NO5S. The van der Waals surface area contributed by atoms with Crippen LogP contribution in [0, 0.1) is 17.6 Å². The van der Waals surface area contributed by atoms with Crippen LogP contribution in [0.15, 0.2) is 65.6 Å². The predicted octanol–water partition coefficient (Wildman–Crippen LogP) is 5.57. The van der Waals surface area contributed by atoms with E-state index in [1.165, 1.54) is 12.1 Å². The molecule has 1 N–H and O–H groups in total. The van der Waals surface area contributed by atoms with Gasteiger partial charge in [-0.3, -0.25) is 0 Å². The van der Waals surface area contributed by atoms with Crippen LogP contribution in [0.5, 0.6) is 11.5 Å². The summed E-state index contributed by atoms with van der Waals surface area (Å²) in [6, 6.07) is 13.0. The summed E-state index contributed by atoms with van der Waals surface area (Å²) in [5.74, 6) is -3.02. The molecule has 190 valence electrons. The molecule has 0 fully saturated rings. The lowest BCUT2D eigenvalue weighted by Gasteiger charge is -2.43. The zero-order valence-corrected chi connectivity index (χ0v) is 21.2. The van der Waals surface area contributed by atoms with Gasteiger partial charge in [-0.05, 0) is 68.3 Å². The molecule has 0 spiro atoms. The van der Waals surface area contributed by atoms with Gasteiger partial charge < -0.3 is 9.47 Å². The van der Waals surface area contributed by atoms with E-state index in [9.17, 15) is 22.0 Å². The summed E-state index contributed by atoms with van der Waals surface area (Å²) in [6.45, 7) is 7.56. The normalized spacial score (nSPS) is 18.7. The second-order valence-corrected chi connectivity index (χ2v) is 11.0. The van der Waals surface area contributed by atoms with Gasteiger partial charge in [-0.2, -0.15) is 0 Å². The molecule has 4 rings (SSSR count). The molecule has 0 radical (unpaired) electrons. The molecule has 0 aliphatic carbocycles. The largest absolute Gasteiger partial charge is 0.487 e. The first-order valence-electron chi connectivity index (χ1n) is 11.5.